The summed E-state index contributed by atoms with van der Waals surface area (Å²) in [7, 11) is -1.72. The first-order chi connectivity index (χ1) is 3.95. The molecule has 0 rings (SSSR count). The zero-order chi connectivity index (χ0) is 7.49. The first-order valence-electron chi connectivity index (χ1n) is 2.45. The van der Waals surface area contributed by atoms with Crippen molar-refractivity contribution in [2.75, 3.05) is 19.9 Å². The fourth-order valence-electron chi connectivity index (χ4n) is 0.346. The molecule has 0 bridgehead atoms. The average molecular weight is 151 g/mol. The lowest BCUT2D eigenvalue weighted by atomic mass is 10.7. The van der Waals surface area contributed by atoms with Crippen LogP contribution in [0.1, 0.15) is 0 Å². The van der Waals surface area contributed by atoms with Crippen LogP contribution in [0.3, 0.4) is 0 Å². The van der Waals surface area contributed by atoms with Gasteiger partial charge in [-0.3, -0.25) is 9.36 Å². The van der Waals surface area contributed by atoms with Gasteiger partial charge in [-0.05, 0) is 0 Å². The van der Waals surface area contributed by atoms with Gasteiger partial charge in [-0.1, -0.05) is 0 Å². The average Bonchev–Trinajstić information content (AvgIpc) is 1.62. The molecular formula is C4H10NO3P. The summed E-state index contributed by atoms with van der Waals surface area (Å²) in [5.41, 5.74) is 0. The minimum Gasteiger partial charge on any atom is -0.359 e. The van der Waals surface area contributed by atoms with Gasteiger partial charge in [0.1, 0.15) is 6.16 Å². The van der Waals surface area contributed by atoms with Crippen LogP contribution >= 0.6 is 7.37 Å². The number of rotatable bonds is 2. The molecule has 0 aliphatic heterocycles. The summed E-state index contributed by atoms with van der Waals surface area (Å²) in [6, 6.07) is 0. The number of carbonyl (C=O) groups excluding carboxylic acids is 1. The minimum atomic E-state index is -3.15. The number of hydrogen-bond donors (Lipinski definition) is 2. The van der Waals surface area contributed by atoms with Crippen LogP contribution in [0, 0.1) is 0 Å². The van der Waals surface area contributed by atoms with Crippen molar-refractivity contribution in [3.63, 3.8) is 0 Å². The van der Waals surface area contributed by atoms with E-state index < -0.39 is 13.3 Å². The fraction of sp³-hybridized carbons (Fsp3) is 0.750. The second-order valence-electron chi connectivity index (χ2n) is 1.88. The molecule has 0 aliphatic carbocycles. The highest BCUT2D eigenvalue weighted by Crippen LogP contribution is 2.33. The van der Waals surface area contributed by atoms with E-state index in [-0.39, 0.29) is 6.16 Å². The second-order valence-corrected chi connectivity index (χ2v) is 4.30. The molecule has 0 heterocycles. The van der Waals surface area contributed by atoms with E-state index in [0.29, 0.717) is 0 Å². The molecule has 0 radical (unpaired) electrons. The maximum absolute atomic E-state index is 10.5. The lowest BCUT2D eigenvalue weighted by molar-refractivity contribution is -0.118. The van der Waals surface area contributed by atoms with Gasteiger partial charge in [0.15, 0.2) is 0 Å². The third-order valence-electron chi connectivity index (χ3n) is 0.716. The van der Waals surface area contributed by atoms with E-state index in [9.17, 15) is 9.36 Å². The van der Waals surface area contributed by atoms with Crippen molar-refractivity contribution >= 4 is 13.3 Å². The first kappa shape index (κ1) is 8.66. The smallest absolute Gasteiger partial charge is 0.229 e. The van der Waals surface area contributed by atoms with Gasteiger partial charge in [-0.2, -0.15) is 0 Å². The monoisotopic (exact) mass is 151 g/mol. The van der Waals surface area contributed by atoms with Crippen molar-refractivity contribution in [2.24, 2.45) is 0 Å². The lowest BCUT2D eigenvalue weighted by Crippen LogP contribution is -2.21. The first-order valence-corrected chi connectivity index (χ1v) is 4.75. The van der Waals surface area contributed by atoms with E-state index in [1.165, 1.54) is 7.05 Å². The topological polar surface area (TPSA) is 66.4 Å². The molecule has 0 saturated heterocycles. The quantitative estimate of drug-likeness (QED) is 0.529. The number of carbonyl (C=O) groups is 1. The van der Waals surface area contributed by atoms with E-state index in [1.807, 2.05) is 0 Å². The van der Waals surface area contributed by atoms with Crippen LogP contribution in [0.4, 0.5) is 0 Å². The minimum absolute atomic E-state index is 0.288. The van der Waals surface area contributed by atoms with Crippen molar-refractivity contribution in [3.8, 4) is 0 Å². The highest BCUT2D eigenvalue weighted by Gasteiger charge is 2.13. The summed E-state index contributed by atoms with van der Waals surface area (Å²) in [5, 5.41) is 2.25. The van der Waals surface area contributed by atoms with Crippen LogP contribution in [0.15, 0.2) is 0 Å². The standard InChI is InChI=1S/C4H10NO3P/c1-5-4(6)3-9(2,7)8/h3H2,1-2H3,(H,5,6)(H,7,8). The molecule has 0 saturated carbocycles. The van der Waals surface area contributed by atoms with E-state index >= 15 is 0 Å². The summed E-state index contributed by atoms with van der Waals surface area (Å²) in [4.78, 5) is 19.0. The van der Waals surface area contributed by atoms with E-state index in [2.05, 4.69) is 5.32 Å². The van der Waals surface area contributed by atoms with Gasteiger partial charge in [0.25, 0.3) is 0 Å². The second kappa shape index (κ2) is 2.99. The maximum atomic E-state index is 10.5. The van der Waals surface area contributed by atoms with Crippen molar-refractivity contribution < 1.29 is 14.3 Å². The van der Waals surface area contributed by atoms with Crippen molar-refractivity contribution in [2.45, 2.75) is 0 Å². The Kier molecular flexibility index (Phi) is 2.88. The highest BCUT2D eigenvalue weighted by atomic mass is 31.2. The molecule has 1 amide bonds. The molecule has 0 fully saturated rings. The summed E-state index contributed by atoms with van der Waals surface area (Å²) in [6.45, 7) is 1.16. The molecule has 0 spiro atoms. The largest absolute Gasteiger partial charge is 0.359 e. The molecule has 0 aromatic carbocycles. The van der Waals surface area contributed by atoms with Crippen LogP contribution < -0.4 is 5.32 Å². The summed E-state index contributed by atoms with van der Waals surface area (Å²) in [6.07, 6.45) is -0.288. The summed E-state index contributed by atoms with van der Waals surface area (Å²) < 4.78 is 10.5. The number of amides is 1. The van der Waals surface area contributed by atoms with Crippen LogP contribution in [0.2, 0.25) is 0 Å². The van der Waals surface area contributed by atoms with E-state index in [0.717, 1.165) is 6.66 Å². The molecular weight excluding hydrogens is 141 g/mol. The Morgan fingerprint density at radius 3 is 2.33 bits per heavy atom. The molecule has 54 valence electrons. The third kappa shape index (κ3) is 5.53. The number of hydrogen-bond acceptors (Lipinski definition) is 2. The van der Waals surface area contributed by atoms with Gasteiger partial charge in [-0.15, -0.1) is 0 Å². The van der Waals surface area contributed by atoms with Crippen molar-refractivity contribution in [1.29, 1.82) is 0 Å². The molecule has 2 N–H and O–H groups in total. The Labute approximate surface area is 53.7 Å². The zero-order valence-electron chi connectivity index (χ0n) is 5.42. The van der Waals surface area contributed by atoms with Crippen molar-refractivity contribution in [1.82, 2.24) is 5.32 Å². The summed E-state index contributed by atoms with van der Waals surface area (Å²) in [5.74, 6) is -0.400. The molecule has 5 heteroatoms. The molecule has 0 aromatic rings. The Hall–Kier alpha value is -0.340. The van der Waals surface area contributed by atoms with Gasteiger partial charge >= 0.3 is 0 Å². The molecule has 9 heavy (non-hydrogen) atoms. The Bertz CT molecular complexity index is 150. The van der Waals surface area contributed by atoms with Gasteiger partial charge in [-0.25, -0.2) is 0 Å². The lowest BCUT2D eigenvalue weighted by Gasteiger charge is -2.01. The van der Waals surface area contributed by atoms with Crippen molar-refractivity contribution in [3.05, 3.63) is 0 Å². The predicted molar refractivity (Wildman–Crippen MR) is 34.7 cm³/mol. The molecule has 1 unspecified atom stereocenters. The van der Waals surface area contributed by atoms with E-state index in [1.54, 1.807) is 0 Å². The van der Waals surface area contributed by atoms with Crippen LogP contribution in [0.25, 0.3) is 0 Å². The van der Waals surface area contributed by atoms with Crippen LogP contribution in [-0.4, -0.2) is 30.7 Å². The van der Waals surface area contributed by atoms with Crippen LogP contribution in [-0.2, 0) is 9.36 Å². The normalized spacial score (nSPS) is 16.3. The fourth-order valence-corrected chi connectivity index (χ4v) is 1.04. The van der Waals surface area contributed by atoms with E-state index in [4.69, 9.17) is 4.89 Å². The Balaban J connectivity index is 3.75. The zero-order valence-corrected chi connectivity index (χ0v) is 6.31. The summed E-state index contributed by atoms with van der Waals surface area (Å²) >= 11 is 0. The molecule has 4 nitrogen and oxygen atoms in total. The Morgan fingerprint density at radius 2 is 2.22 bits per heavy atom. The molecule has 1 atom stereocenters. The van der Waals surface area contributed by atoms with Gasteiger partial charge in [0.05, 0.1) is 0 Å². The molecule has 0 aliphatic rings. The highest BCUT2D eigenvalue weighted by molar-refractivity contribution is 7.58. The maximum Gasteiger partial charge on any atom is 0.229 e. The van der Waals surface area contributed by atoms with Gasteiger partial charge < -0.3 is 10.2 Å². The number of nitrogens with one attached hydrogen (secondary N) is 1. The van der Waals surface area contributed by atoms with Gasteiger partial charge in [0, 0.05) is 13.7 Å². The Morgan fingerprint density at radius 1 is 1.78 bits per heavy atom. The third-order valence-corrected chi connectivity index (χ3v) is 1.59. The SMILES string of the molecule is CNC(=O)CP(C)(=O)O. The predicted octanol–water partition coefficient (Wildman–Crippen LogP) is -0.367. The molecule has 0 aromatic heterocycles. The van der Waals surface area contributed by atoms with Gasteiger partial charge in [0.2, 0.25) is 13.3 Å². The van der Waals surface area contributed by atoms with Crippen LogP contribution in [0.5, 0.6) is 0 Å².